The van der Waals surface area contributed by atoms with Crippen LogP contribution in [-0.4, -0.2) is 33.3 Å². The fraction of sp³-hybridized carbons (Fsp3) is 0.321. The molecule has 1 aliphatic carbocycles. The number of carbonyl (C=O) groups is 1. The van der Waals surface area contributed by atoms with Crippen molar-refractivity contribution in [2.24, 2.45) is 0 Å². The van der Waals surface area contributed by atoms with Gasteiger partial charge in [-0.05, 0) is 74.4 Å². The van der Waals surface area contributed by atoms with Crippen LogP contribution in [0.1, 0.15) is 47.7 Å². The number of rotatable bonds is 5. The van der Waals surface area contributed by atoms with Gasteiger partial charge in [-0.1, -0.05) is 48.5 Å². The van der Waals surface area contributed by atoms with Crippen LogP contribution in [0, 0.1) is 4.78 Å². The van der Waals surface area contributed by atoms with Crippen LogP contribution < -0.4 is 9.62 Å². The van der Waals surface area contributed by atoms with E-state index in [1.165, 1.54) is 18.1 Å². The number of carbonyl (C=O) groups excluding carboxylic acids is 1. The summed E-state index contributed by atoms with van der Waals surface area (Å²) in [7, 11) is -3.36. The van der Waals surface area contributed by atoms with E-state index in [9.17, 15) is 14.1 Å². The molecule has 2 aliphatic rings. The SMILES string of the molecule is CC(=O)c1ccc(S(=N)(=O)NC2CCCC(N3c4ccccc4CCc4ccccc43)C2O)cc1. The molecule has 6 nitrogen and oxygen atoms in total. The molecule has 1 fully saturated rings. The number of anilines is 2. The molecule has 1 saturated carbocycles. The Balaban J connectivity index is 1.46. The van der Waals surface area contributed by atoms with Crippen LogP contribution in [-0.2, 0) is 22.8 Å². The van der Waals surface area contributed by atoms with Crippen LogP contribution in [0.4, 0.5) is 11.4 Å². The molecule has 0 spiro atoms. The van der Waals surface area contributed by atoms with Crippen molar-refractivity contribution in [2.75, 3.05) is 4.90 Å². The molecule has 5 rings (SSSR count). The summed E-state index contributed by atoms with van der Waals surface area (Å²) in [6.07, 6.45) is 3.34. The van der Waals surface area contributed by atoms with Crippen molar-refractivity contribution in [3.05, 3.63) is 89.5 Å². The zero-order valence-corrected chi connectivity index (χ0v) is 20.6. The van der Waals surface area contributed by atoms with Gasteiger partial charge in [0.25, 0.3) is 0 Å². The first-order valence-electron chi connectivity index (χ1n) is 12.2. The molecule has 0 bridgehead atoms. The van der Waals surface area contributed by atoms with Crippen molar-refractivity contribution < 1.29 is 14.1 Å². The summed E-state index contributed by atoms with van der Waals surface area (Å²) in [6, 6.07) is 22.3. The number of fused-ring (bicyclic) bond motifs is 2. The number of nitrogens with zero attached hydrogens (tertiary/aromatic N) is 1. The summed E-state index contributed by atoms with van der Waals surface area (Å²) in [6.45, 7) is 1.48. The van der Waals surface area contributed by atoms with E-state index in [1.54, 1.807) is 24.3 Å². The van der Waals surface area contributed by atoms with Gasteiger partial charge < -0.3 is 10.0 Å². The minimum absolute atomic E-state index is 0.0791. The number of aliphatic hydroxyl groups excluding tert-OH is 1. The fourth-order valence-electron chi connectivity index (χ4n) is 5.40. The molecule has 4 atom stereocenters. The normalized spacial score (nSPS) is 23.5. The molecule has 0 amide bonds. The third-order valence-corrected chi connectivity index (χ3v) is 8.80. The molecule has 0 radical (unpaired) electrons. The zero-order valence-electron chi connectivity index (χ0n) is 19.8. The quantitative estimate of drug-likeness (QED) is 0.439. The Bertz CT molecular complexity index is 1290. The molecular weight excluding hydrogens is 458 g/mol. The highest BCUT2D eigenvalue weighted by atomic mass is 32.2. The maximum Gasteiger partial charge on any atom is 0.159 e. The highest BCUT2D eigenvalue weighted by Gasteiger charge is 2.39. The van der Waals surface area contributed by atoms with Gasteiger partial charge in [-0.2, -0.15) is 0 Å². The second kappa shape index (κ2) is 9.57. The van der Waals surface area contributed by atoms with E-state index in [0.29, 0.717) is 16.9 Å². The Hall–Kier alpha value is -3.00. The molecule has 3 aromatic carbocycles. The fourth-order valence-corrected chi connectivity index (χ4v) is 6.74. The summed E-state index contributed by atoms with van der Waals surface area (Å²) in [5.41, 5.74) is 5.23. The first kappa shape index (κ1) is 23.7. The Kier molecular flexibility index (Phi) is 6.49. The third-order valence-electron chi connectivity index (χ3n) is 7.23. The summed E-state index contributed by atoms with van der Waals surface area (Å²) in [4.78, 5) is 14.2. The van der Waals surface area contributed by atoms with Crippen molar-refractivity contribution in [1.29, 1.82) is 4.78 Å². The second-order valence-corrected chi connectivity index (χ2v) is 11.3. The predicted molar refractivity (Wildman–Crippen MR) is 139 cm³/mol. The molecule has 3 aromatic rings. The second-order valence-electron chi connectivity index (χ2n) is 9.48. The largest absolute Gasteiger partial charge is 0.389 e. The van der Waals surface area contributed by atoms with Crippen LogP contribution in [0.25, 0.3) is 0 Å². The number of ketones is 1. The van der Waals surface area contributed by atoms with E-state index in [2.05, 4.69) is 46.0 Å². The van der Waals surface area contributed by atoms with Gasteiger partial charge in [-0.15, -0.1) is 0 Å². The van der Waals surface area contributed by atoms with Crippen LogP contribution in [0.15, 0.2) is 77.7 Å². The number of hydrogen-bond donors (Lipinski definition) is 3. The molecule has 0 saturated heterocycles. The minimum Gasteiger partial charge on any atom is -0.389 e. The van der Waals surface area contributed by atoms with E-state index in [1.807, 2.05) is 12.1 Å². The monoisotopic (exact) mass is 489 g/mol. The van der Waals surface area contributed by atoms with Gasteiger partial charge >= 0.3 is 0 Å². The summed E-state index contributed by atoms with van der Waals surface area (Å²) < 4.78 is 24.9. The van der Waals surface area contributed by atoms with E-state index < -0.39 is 22.1 Å². The topological polar surface area (TPSA) is 93.5 Å². The molecule has 35 heavy (non-hydrogen) atoms. The Labute approximate surface area is 207 Å². The molecule has 1 aliphatic heterocycles. The molecule has 3 N–H and O–H groups in total. The van der Waals surface area contributed by atoms with Crippen molar-refractivity contribution >= 4 is 27.1 Å². The number of benzene rings is 3. The number of nitrogens with one attached hydrogen (secondary N) is 2. The van der Waals surface area contributed by atoms with Crippen molar-refractivity contribution in [2.45, 2.75) is 62.1 Å². The standard InChI is InChI=1S/C28H31N3O3S/c1-19(32)20-15-17-23(18-16-20)35(29,34)30-24-9-6-12-27(28(24)33)31-25-10-4-2-7-21(25)13-14-22-8-3-5-11-26(22)31/h2-5,7-8,10-11,15-18,24,27-28,33H,6,9,12-14H2,1H3,(H2,29,30,34). The molecule has 1 heterocycles. The van der Waals surface area contributed by atoms with Crippen molar-refractivity contribution in [1.82, 2.24) is 4.72 Å². The van der Waals surface area contributed by atoms with Crippen molar-refractivity contribution in [3.63, 3.8) is 0 Å². The number of Topliss-reactive ketones (excluding diaryl/α,β-unsaturated/α-hetero) is 1. The van der Waals surface area contributed by atoms with Crippen LogP contribution >= 0.6 is 0 Å². The van der Waals surface area contributed by atoms with Gasteiger partial charge in [0.1, 0.15) is 9.92 Å². The molecule has 7 heteroatoms. The van der Waals surface area contributed by atoms with Crippen LogP contribution in [0.2, 0.25) is 0 Å². The number of aliphatic hydroxyl groups is 1. The molecular formula is C28H31N3O3S. The van der Waals surface area contributed by atoms with Gasteiger partial charge in [0, 0.05) is 23.0 Å². The van der Waals surface area contributed by atoms with Gasteiger partial charge in [0.15, 0.2) is 5.78 Å². The Morgan fingerprint density at radius 3 is 2.09 bits per heavy atom. The lowest BCUT2D eigenvalue weighted by molar-refractivity contribution is 0.0816. The molecule has 4 unspecified atom stereocenters. The molecule has 0 aromatic heterocycles. The lowest BCUT2D eigenvalue weighted by atomic mass is 9.86. The Morgan fingerprint density at radius 1 is 0.943 bits per heavy atom. The highest BCUT2D eigenvalue weighted by molar-refractivity contribution is 7.90. The van der Waals surface area contributed by atoms with E-state index in [-0.39, 0.29) is 11.8 Å². The van der Waals surface area contributed by atoms with Gasteiger partial charge in [0.2, 0.25) is 0 Å². The summed E-state index contributed by atoms with van der Waals surface area (Å²) >= 11 is 0. The lowest BCUT2D eigenvalue weighted by Crippen LogP contribution is -2.55. The number of hydrogen-bond acceptors (Lipinski definition) is 5. The maximum atomic E-state index is 13.4. The number of para-hydroxylation sites is 2. The smallest absolute Gasteiger partial charge is 0.159 e. The van der Waals surface area contributed by atoms with Gasteiger partial charge in [-0.3, -0.25) is 4.79 Å². The third kappa shape index (κ3) is 4.63. The first-order chi connectivity index (χ1) is 16.8. The van der Waals surface area contributed by atoms with Crippen LogP contribution in [0.5, 0.6) is 0 Å². The average molecular weight is 490 g/mol. The maximum absolute atomic E-state index is 13.4. The van der Waals surface area contributed by atoms with E-state index >= 15 is 0 Å². The first-order valence-corrected chi connectivity index (χ1v) is 13.7. The summed E-state index contributed by atoms with van der Waals surface area (Å²) in [5, 5.41) is 11.6. The van der Waals surface area contributed by atoms with Crippen LogP contribution in [0.3, 0.4) is 0 Å². The van der Waals surface area contributed by atoms with Gasteiger partial charge in [0.05, 0.1) is 17.0 Å². The summed E-state index contributed by atoms with van der Waals surface area (Å²) in [5.74, 6) is -0.0791. The van der Waals surface area contributed by atoms with E-state index in [0.717, 1.165) is 37.1 Å². The lowest BCUT2D eigenvalue weighted by Gasteiger charge is -2.43. The van der Waals surface area contributed by atoms with Crippen molar-refractivity contribution in [3.8, 4) is 0 Å². The van der Waals surface area contributed by atoms with Gasteiger partial charge in [-0.25, -0.2) is 13.7 Å². The zero-order chi connectivity index (χ0) is 24.6. The predicted octanol–water partition coefficient (Wildman–Crippen LogP) is 5.02. The number of aryl methyl sites for hydroxylation is 2. The average Bonchev–Trinajstić information content (AvgIpc) is 3.02. The highest BCUT2D eigenvalue weighted by Crippen LogP contribution is 2.41. The minimum atomic E-state index is -3.36. The molecule has 182 valence electrons. The van der Waals surface area contributed by atoms with E-state index in [4.69, 9.17) is 4.78 Å². The Morgan fingerprint density at radius 2 is 1.51 bits per heavy atom.